The Morgan fingerprint density at radius 3 is 2.62 bits per heavy atom. The molecule has 0 unspecified atom stereocenters. The van der Waals surface area contributed by atoms with Crippen molar-refractivity contribution in [1.29, 1.82) is 0 Å². The molecule has 0 atom stereocenters. The zero-order valence-corrected chi connectivity index (χ0v) is 15.1. The summed E-state index contributed by atoms with van der Waals surface area (Å²) in [7, 11) is -3.05. The number of guanidine groups is 1. The van der Waals surface area contributed by atoms with Gasteiger partial charge in [0.25, 0.3) is 0 Å². The molecule has 1 aliphatic rings. The van der Waals surface area contributed by atoms with E-state index in [0.717, 1.165) is 5.69 Å². The Kier molecular flexibility index (Phi) is 6.88. The monoisotopic (exact) mass is 424 g/mol. The summed E-state index contributed by atoms with van der Waals surface area (Å²) in [4.78, 5) is 4.15. The van der Waals surface area contributed by atoms with Crippen LogP contribution in [0.3, 0.4) is 0 Å². The largest absolute Gasteiger partial charge is 0.370 e. The molecule has 0 amide bonds. The molecule has 1 aliphatic heterocycles. The summed E-state index contributed by atoms with van der Waals surface area (Å²) >= 11 is 0. The third kappa shape index (κ3) is 5.44. The van der Waals surface area contributed by atoms with Crippen molar-refractivity contribution in [1.82, 2.24) is 4.31 Å². The second kappa shape index (κ2) is 7.95. The number of halogens is 1. The average molecular weight is 424 g/mol. The van der Waals surface area contributed by atoms with Crippen molar-refractivity contribution in [3.05, 3.63) is 29.8 Å². The molecule has 118 valence electrons. The van der Waals surface area contributed by atoms with Crippen molar-refractivity contribution in [2.75, 3.05) is 30.7 Å². The molecule has 0 aromatic heterocycles. The van der Waals surface area contributed by atoms with E-state index in [9.17, 15) is 8.42 Å². The SMILES string of the molecule is Cc1ccc(NC(N)=NCCN2CCCS2(=O)=O)cc1.I. The van der Waals surface area contributed by atoms with Gasteiger partial charge in [-0.3, -0.25) is 4.99 Å². The first-order valence-corrected chi connectivity index (χ1v) is 8.20. The number of anilines is 1. The van der Waals surface area contributed by atoms with E-state index in [-0.39, 0.29) is 29.7 Å². The fourth-order valence-electron chi connectivity index (χ4n) is 2.05. The standard InChI is InChI=1S/C13H20N4O2S.HI/c1-11-3-5-12(6-4-11)16-13(14)15-7-9-17-8-2-10-20(17,18)19;/h3-6H,2,7-10H2,1H3,(H3,14,15,16);1H. The van der Waals surface area contributed by atoms with E-state index in [1.807, 2.05) is 31.2 Å². The number of aliphatic imine (C=N–C) groups is 1. The van der Waals surface area contributed by atoms with E-state index >= 15 is 0 Å². The smallest absolute Gasteiger partial charge is 0.214 e. The van der Waals surface area contributed by atoms with Gasteiger partial charge in [-0.2, -0.15) is 0 Å². The lowest BCUT2D eigenvalue weighted by Crippen LogP contribution is -2.30. The minimum atomic E-state index is -3.05. The van der Waals surface area contributed by atoms with Crippen LogP contribution in [0.2, 0.25) is 0 Å². The Hall–Kier alpha value is -0.870. The maximum absolute atomic E-state index is 11.6. The first-order chi connectivity index (χ1) is 9.47. The number of nitrogens with zero attached hydrogens (tertiary/aromatic N) is 2. The fourth-order valence-corrected chi connectivity index (χ4v) is 3.57. The van der Waals surface area contributed by atoms with E-state index < -0.39 is 10.0 Å². The Labute approximate surface area is 142 Å². The number of hydrogen-bond acceptors (Lipinski definition) is 3. The summed E-state index contributed by atoms with van der Waals surface area (Å²) in [6, 6.07) is 7.80. The van der Waals surface area contributed by atoms with Gasteiger partial charge in [0.15, 0.2) is 5.96 Å². The predicted molar refractivity (Wildman–Crippen MR) is 96.7 cm³/mol. The van der Waals surface area contributed by atoms with Crippen LogP contribution in [0.25, 0.3) is 0 Å². The van der Waals surface area contributed by atoms with Crippen LogP contribution >= 0.6 is 24.0 Å². The summed E-state index contributed by atoms with van der Waals surface area (Å²) in [5, 5.41) is 2.98. The molecule has 0 bridgehead atoms. The number of hydrogen-bond donors (Lipinski definition) is 2. The molecule has 8 heteroatoms. The zero-order chi connectivity index (χ0) is 14.6. The number of sulfonamides is 1. The lowest BCUT2D eigenvalue weighted by Gasteiger charge is -2.12. The number of benzene rings is 1. The topological polar surface area (TPSA) is 87.8 Å². The van der Waals surface area contributed by atoms with Crippen LogP contribution in [-0.4, -0.2) is 44.1 Å². The maximum Gasteiger partial charge on any atom is 0.214 e. The van der Waals surface area contributed by atoms with Crippen molar-refractivity contribution < 1.29 is 8.42 Å². The predicted octanol–water partition coefficient (Wildman–Crippen LogP) is 1.38. The first kappa shape index (κ1) is 18.2. The molecule has 1 fully saturated rings. The van der Waals surface area contributed by atoms with Crippen LogP contribution in [0.1, 0.15) is 12.0 Å². The molecule has 6 nitrogen and oxygen atoms in total. The summed E-state index contributed by atoms with van der Waals surface area (Å²) in [6.07, 6.45) is 0.698. The highest BCUT2D eigenvalue weighted by atomic mass is 127. The molecule has 1 aromatic carbocycles. The van der Waals surface area contributed by atoms with Crippen LogP contribution in [0.5, 0.6) is 0 Å². The van der Waals surface area contributed by atoms with Gasteiger partial charge in [0, 0.05) is 18.8 Å². The highest BCUT2D eigenvalue weighted by Gasteiger charge is 2.27. The van der Waals surface area contributed by atoms with Crippen LogP contribution in [-0.2, 0) is 10.0 Å². The highest BCUT2D eigenvalue weighted by molar-refractivity contribution is 14.0. The number of nitrogens with one attached hydrogen (secondary N) is 1. The van der Waals surface area contributed by atoms with E-state index in [1.54, 1.807) is 0 Å². The molecule has 2 rings (SSSR count). The Morgan fingerprint density at radius 1 is 1.38 bits per heavy atom. The molecule has 1 saturated heterocycles. The molecule has 1 heterocycles. The summed E-state index contributed by atoms with van der Waals surface area (Å²) in [5.41, 5.74) is 7.80. The Bertz CT molecular complexity index is 587. The Morgan fingerprint density at radius 2 is 2.05 bits per heavy atom. The number of aryl methyl sites for hydroxylation is 1. The van der Waals surface area contributed by atoms with Gasteiger partial charge in [-0.15, -0.1) is 24.0 Å². The van der Waals surface area contributed by atoms with E-state index in [4.69, 9.17) is 5.73 Å². The van der Waals surface area contributed by atoms with E-state index in [0.29, 0.717) is 32.0 Å². The van der Waals surface area contributed by atoms with Gasteiger partial charge in [0.05, 0.1) is 12.3 Å². The van der Waals surface area contributed by atoms with Gasteiger partial charge in [-0.1, -0.05) is 17.7 Å². The van der Waals surface area contributed by atoms with Crippen LogP contribution < -0.4 is 11.1 Å². The van der Waals surface area contributed by atoms with Gasteiger partial charge in [0.2, 0.25) is 10.0 Å². The average Bonchev–Trinajstić information content (AvgIpc) is 2.72. The number of nitrogens with two attached hydrogens (primary N) is 1. The third-order valence-electron chi connectivity index (χ3n) is 3.16. The van der Waals surface area contributed by atoms with Crippen molar-refractivity contribution in [2.45, 2.75) is 13.3 Å². The van der Waals surface area contributed by atoms with Crippen molar-refractivity contribution in [2.24, 2.45) is 10.7 Å². The fraction of sp³-hybridized carbons (Fsp3) is 0.462. The third-order valence-corrected chi connectivity index (χ3v) is 5.12. The molecule has 21 heavy (non-hydrogen) atoms. The minimum absolute atomic E-state index is 0. The first-order valence-electron chi connectivity index (χ1n) is 6.59. The quantitative estimate of drug-likeness (QED) is 0.434. The van der Waals surface area contributed by atoms with Gasteiger partial charge >= 0.3 is 0 Å². The summed E-state index contributed by atoms with van der Waals surface area (Å²) in [5.74, 6) is 0.541. The van der Waals surface area contributed by atoms with E-state index in [1.165, 1.54) is 9.87 Å². The van der Waals surface area contributed by atoms with Crippen molar-refractivity contribution in [3.63, 3.8) is 0 Å². The molecular weight excluding hydrogens is 403 g/mol. The second-order valence-corrected chi connectivity index (χ2v) is 6.92. The second-order valence-electron chi connectivity index (χ2n) is 4.83. The van der Waals surface area contributed by atoms with Gasteiger partial charge < -0.3 is 11.1 Å². The van der Waals surface area contributed by atoms with Crippen molar-refractivity contribution in [3.8, 4) is 0 Å². The lowest BCUT2D eigenvalue weighted by molar-refractivity contribution is 0.452. The summed E-state index contributed by atoms with van der Waals surface area (Å²) < 4.78 is 24.6. The molecule has 0 saturated carbocycles. The van der Waals surface area contributed by atoms with Crippen LogP contribution in [0.15, 0.2) is 29.3 Å². The number of rotatable bonds is 4. The van der Waals surface area contributed by atoms with Gasteiger partial charge in [0.1, 0.15) is 0 Å². The zero-order valence-electron chi connectivity index (χ0n) is 11.9. The highest BCUT2D eigenvalue weighted by Crippen LogP contribution is 2.12. The Balaban J connectivity index is 0.00000220. The lowest BCUT2D eigenvalue weighted by atomic mass is 10.2. The minimum Gasteiger partial charge on any atom is -0.370 e. The van der Waals surface area contributed by atoms with Gasteiger partial charge in [-0.25, -0.2) is 12.7 Å². The molecule has 0 aliphatic carbocycles. The molecular formula is C13H21IN4O2S. The van der Waals surface area contributed by atoms with Crippen LogP contribution in [0.4, 0.5) is 5.69 Å². The molecule has 1 aromatic rings. The van der Waals surface area contributed by atoms with Crippen LogP contribution in [0, 0.1) is 6.92 Å². The molecule has 3 N–H and O–H groups in total. The van der Waals surface area contributed by atoms with Gasteiger partial charge in [-0.05, 0) is 25.5 Å². The van der Waals surface area contributed by atoms with E-state index in [2.05, 4.69) is 10.3 Å². The van der Waals surface area contributed by atoms with Crippen molar-refractivity contribution >= 4 is 45.6 Å². The summed E-state index contributed by atoms with van der Waals surface area (Å²) in [6.45, 7) is 3.35. The molecule has 0 spiro atoms. The normalized spacial score (nSPS) is 18.2. The maximum atomic E-state index is 11.6. The molecule has 0 radical (unpaired) electrons.